The second-order valence-corrected chi connectivity index (χ2v) is 20.5. The Morgan fingerprint density at radius 1 is 0.549 bits per heavy atom. The number of phenols is 6. The van der Waals surface area contributed by atoms with Gasteiger partial charge >= 0.3 is 0 Å². The number of nitro groups is 2. The smallest absolute Gasteiger partial charge is 0.271 e. The maximum Gasteiger partial charge on any atom is 0.271 e. The van der Waals surface area contributed by atoms with Crippen LogP contribution in [0.15, 0.2) is 190 Å². The van der Waals surface area contributed by atoms with E-state index in [-0.39, 0.29) is 96.2 Å². The van der Waals surface area contributed by atoms with E-state index in [9.17, 15) is 40.7 Å². The Balaban J connectivity index is 0.000000198. The van der Waals surface area contributed by atoms with E-state index < -0.39 is 9.85 Å². The second kappa shape index (κ2) is 25.8. The normalized spacial score (nSPS) is 14.4. The first kappa shape index (κ1) is 60.2. The Labute approximate surface area is 484 Å². The summed E-state index contributed by atoms with van der Waals surface area (Å²) in [6, 6.07) is 41.0. The zero-order valence-corrected chi connectivity index (χ0v) is 47.1. The van der Waals surface area contributed by atoms with Gasteiger partial charge in [-0.2, -0.15) is 4.58 Å². The molecule has 0 saturated heterocycles. The van der Waals surface area contributed by atoms with Crippen molar-refractivity contribution in [2.45, 2.75) is 78.1 Å². The first-order valence-corrected chi connectivity index (χ1v) is 26.4. The standard InChI is InChI=1S/C39H45N2.2C12H9N3O5.Co/c1-7-9-26-40-32-24-22-28-16-11-13-18-30(28)36(32)38(3,4)34(40)20-15-21-35-39(5,6)37-31-19-14-12-17-29(31)23-25-33(37)41(35)27-10-8-2;2*16-8-2-3-9(12(18)6-8)13-14-10-5-7(15(19)20)1-4-11(10)17;/h11-25H,7-10,26-27H2,1-6H3;2*1-6,16-18H;/q+1;;;. The average molecular weight is 1150 g/mol. The van der Waals surface area contributed by atoms with Crippen LogP contribution >= 0.6 is 0 Å². The number of fused-ring (bicyclic) bond motifs is 6. The van der Waals surface area contributed by atoms with Gasteiger partial charge in [-0.1, -0.05) is 101 Å². The fraction of sp³-hybridized carbons (Fsp3) is 0.222. The van der Waals surface area contributed by atoms with Crippen molar-refractivity contribution in [2.75, 3.05) is 18.0 Å². The van der Waals surface area contributed by atoms with Crippen LogP contribution in [-0.2, 0) is 27.6 Å². The topological polar surface area (TPSA) is 263 Å². The molecule has 0 unspecified atom stereocenters. The van der Waals surface area contributed by atoms with Crippen molar-refractivity contribution >= 4 is 72.8 Å². The third-order valence-electron chi connectivity index (χ3n) is 14.3. The van der Waals surface area contributed by atoms with Crippen LogP contribution in [0.3, 0.4) is 0 Å². The number of phenolic OH excluding ortho intramolecular Hbond substituents is 6. The van der Waals surface area contributed by atoms with Crippen molar-refractivity contribution in [1.29, 1.82) is 0 Å². The molecule has 0 atom stereocenters. The number of benzene rings is 8. The number of non-ortho nitro benzene ring substituents is 2. The van der Waals surface area contributed by atoms with Gasteiger partial charge in [-0.25, -0.2) is 0 Å². The molecule has 0 spiro atoms. The van der Waals surface area contributed by atoms with E-state index in [4.69, 9.17) is 10.2 Å². The molecule has 18 nitrogen and oxygen atoms in total. The number of unbranched alkanes of at least 4 members (excludes halogenated alkanes) is 2. The molecule has 0 fully saturated rings. The molecule has 2 aliphatic rings. The molecule has 0 aliphatic carbocycles. The minimum atomic E-state index is -0.628. The number of hydrogen-bond donors (Lipinski definition) is 6. The fourth-order valence-corrected chi connectivity index (χ4v) is 10.2. The van der Waals surface area contributed by atoms with Crippen LogP contribution in [0, 0.1) is 20.2 Å². The Morgan fingerprint density at radius 2 is 1.04 bits per heavy atom. The summed E-state index contributed by atoms with van der Waals surface area (Å²) in [4.78, 5) is 22.6. The van der Waals surface area contributed by atoms with Crippen molar-refractivity contribution in [3.05, 3.63) is 201 Å². The van der Waals surface area contributed by atoms with Gasteiger partial charge < -0.3 is 35.5 Å². The average Bonchev–Trinajstić information content (AvgIpc) is 3.92. The van der Waals surface area contributed by atoms with Crippen LogP contribution in [-0.4, -0.2) is 63.9 Å². The number of azo groups is 2. The Kier molecular flexibility index (Phi) is 18.9. The minimum absolute atomic E-state index is 0. The Hall–Kier alpha value is -9.46. The number of nitro benzene ring substituents is 2. The third kappa shape index (κ3) is 12.9. The van der Waals surface area contributed by atoms with E-state index in [1.165, 1.54) is 105 Å². The zero-order valence-electron chi connectivity index (χ0n) is 46.1. The van der Waals surface area contributed by atoms with E-state index in [2.05, 4.69) is 162 Å². The van der Waals surface area contributed by atoms with Crippen molar-refractivity contribution in [1.82, 2.24) is 0 Å². The van der Waals surface area contributed by atoms with Gasteiger partial charge in [-0.05, 0) is 102 Å². The first-order chi connectivity index (χ1) is 38.7. The fourth-order valence-electron chi connectivity index (χ4n) is 10.2. The molecule has 10 rings (SSSR count). The van der Waals surface area contributed by atoms with Crippen LogP contribution in [0.1, 0.15) is 78.4 Å². The Bertz CT molecular complexity index is 3750. The van der Waals surface area contributed by atoms with Gasteiger partial charge in [-0.3, -0.25) is 20.2 Å². The predicted octanol–water partition coefficient (Wildman–Crippen LogP) is 16.5. The summed E-state index contributed by atoms with van der Waals surface area (Å²) in [7, 11) is 0. The molecule has 0 bridgehead atoms. The summed E-state index contributed by atoms with van der Waals surface area (Å²) in [6.45, 7) is 16.3. The zero-order chi connectivity index (χ0) is 58.2. The van der Waals surface area contributed by atoms with Crippen molar-refractivity contribution < 1.29 is 61.8 Å². The minimum Gasteiger partial charge on any atom is -0.508 e. The van der Waals surface area contributed by atoms with Gasteiger partial charge in [0.25, 0.3) is 11.4 Å². The van der Waals surface area contributed by atoms with Crippen molar-refractivity contribution in [3.8, 4) is 34.5 Å². The van der Waals surface area contributed by atoms with Crippen LogP contribution in [0.4, 0.5) is 45.5 Å². The van der Waals surface area contributed by atoms with Crippen LogP contribution in [0.25, 0.3) is 21.5 Å². The molecule has 0 aromatic heterocycles. The quantitative estimate of drug-likeness (QED) is 0.0258. The third-order valence-corrected chi connectivity index (χ3v) is 14.3. The molecule has 0 saturated carbocycles. The summed E-state index contributed by atoms with van der Waals surface area (Å²) < 4.78 is 2.59. The molecular formula is C63H63CoN8O10+. The van der Waals surface area contributed by atoms with E-state index in [0.29, 0.717) is 0 Å². The number of nitrogens with zero attached hydrogens (tertiary/aromatic N) is 8. The SMILES string of the molecule is CCCCN1/C(=C/C=C/C2=[N+](CCCC)c3ccc4ccccc4c3C2(C)C)C(C)(C)c2c1ccc1ccccc21.O=[N+]([O-])c1ccc(O)c(N=Nc2ccc(O)cc2O)c1.O=[N+]([O-])c1ccc(O)c(N=Nc2ccc(O)cc2O)c1.[Co]. The molecule has 82 heavy (non-hydrogen) atoms. The van der Waals surface area contributed by atoms with Gasteiger partial charge in [0.1, 0.15) is 63.8 Å². The number of aromatic hydroxyl groups is 6. The molecule has 2 heterocycles. The summed E-state index contributed by atoms with van der Waals surface area (Å²) >= 11 is 0. The molecule has 0 amide bonds. The monoisotopic (exact) mass is 1150 g/mol. The largest absolute Gasteiger partial charge is 0.508 e. The van der Waals surface area contributed by atoms with E-state index in [1.54, 1.807) is 0 Å². The van der Waals surface area contributed by atoms with E-state index in [1.807, 2.05) is 0 Å². The van der Waals surface area contributed by atoms with Crippen LogP contribution < -0.4 is 4.90 Å². The van der Waals surface area contributed by atoms with Gasteiger partial charge in [-0.15, -0.1) is 20.5 Å². The van der Waals surface area contributed by atoms with Gasteiger partial charge in [0.15, 0.2) is 5.71 Å². The molecule has 8 aromatic carbocycles. The molecule has 8 aromatic rings. The number of anilines is 1. The summed E-state index contributed by atoms with van der Waals surface area (Å²) in [5, 5.41) is 97.5. The van der Waals surface area contributed by atoms with Crippen molar-refractivity contribution in [3.63, 3.8) is 0 Å². The van der Waals surface area contributed by atoms with Gasteiger partial charge in [0, 0.05) is 101 Å². The molecular weight excluding hydrogens is 1090 g/mol. The molecule has 2 aliphatic heterocycles. The van der Waals surface area contributed by atoms with Crippen LogP contribution in [0.5, 0.6) is 34.5 Å². The number of hydrogen-bond acceptors (Lipinski definition) is 15. The summed E-state index contributed by atoms with van der Waals surface area (Å²) in [5.41, 5.74) is 7.71. The van der Waals surface area contributed by atoms with Gasteiger partial charge in [0.05, 0.1) is 15.3 Å². The van der Waals surface area contributed by atoms with Crippen molar-refractivity contribution in [2.24, 2.45) is 20.5 Å². The predicted molar refractivity (Wildman–Crippen MR) is 316 cm³/mol. The van der Waals surface area contributed by atoms with E-state index >= 15 is 0 Å². The summed E-state index contributed by atoms with van der Waals surface area (Å²) in [6.07, 6.45) is 11.9. The molecule has 6 N–H and O–H groups in total. The van der Waals surface area contributed by atoms with E-state index in [0.717, 1.165) is 61.6 Å². The number of rotatable bonds is 14. The molecule has 423 valence electrons. The maximum absolute atomic E-state index is 10.6. The first-order valence-electron chi connectivity index (χ1n) is 26.4. The second-order valence-electron chi connectivity index (χ2n) is 20.5. The molecule has 1 radical (unpaired) electrons. The Morgan fingerprint density at radius 3 is 1.54 bits per heavy atom. The summed E-state index contributed by atoms with van der Waals surface area (Å²) in [5.74, 6) is -1.45. The van der Waals surface area contributed by atoms with Crippen LogP contribution in [0.2, 0.25) is 0 Å². The van der Waals surface area contributed by atoms with Gasteiger partial charge in [0.2, 0.25) is 5.69 Å². The number of allylic oxidation sites excluding steroid dienone is 4. The molecule has 19 heteroatoms. The maximum atomic E-state index is 10.6.